The fourth-order valence-corrected chi connectivity index (χ4v) is 3.23. The van der Waals surface area contributed by atoms with Crippen molar-refractivity contribution in [3.05, 3.63) is 76.8 Å². The van der Waals surface area contributed by atoms with Gasteiger partial charge in [-0.2, -0.15) is 5.10 Å². The van der Waals surface area contributed by atoms with Crippen molar-refractivity contribution < 1.29 is 9.53 Å². The van der Waals surface area contributed by atoms with E-state index < -0.39 is 6.10 Å². The van der Waals surface area contributed by atoms with E-state index in [1.165, 1.54) is 6.33 Å². The Hall–Kier alpha value is -2.86. The van der Waals surface area contributed by atoms with Gasteiger partial charge in [0.1, 0.15) is 18.4 Å². The van der Waals surface area contributed by atoms with E-state index in [9.17, 15) is 4.79 Å². The highest BCUT2D eigenvalue weighted by Crippen LogP contribution is 2.31. The normalized spacial score (nSPS) is 15.3. The average molecular weight is 369 g/mol. The van der Waals surface area contributed by atoms with Gasteiger partial charge in [0, 0.05) is 18.0 Å². The van der Waals surface area contributed by atoms with Gasteiger partial charge in [-0.15, -0.1) is 0 Å². The molecule has 3 aromatic rings. The van der Waals surface area contributed by atoms with Crippen LogP contribution in [0.15, 0.2) is 55.1 Å². The Morgan fingerprint density at radius 3 is 2.92 bits per heavy atom. The molecule has 132 valence electrons. The minimum atomic E-state index is -0.522. The van der Waals surface area contributed by atoms with Crippen LogP contribution in [0, 0.1) is 0 Å². The minimum Gasteiger partial charge on any atom is -0.480 e. The van der Waals surface area contributed by atoms with Gasteiger partial charge in [-0.05, 0) is 34.9 Å². The van der Waals surface area contributed by atoms with Crippen molar-refractivity contribution in [2.24, 2.45) is 0 Å². The van der Waals surface area contributed by atoms with Gasteiger partial charge in [-0.1, -0.05) is 35.9 Å². The van der Waals surface area contributed by atoms with E-state index in [0.29, 0.717) is 24.5 Å². The number of halogens is 1. The molecule has 0 saturated heterocycles. The van der Waals surface area contributed by atoms with Crippen molar-refractivity contribution >= 4 is 17.5 Å². The first-order valence-corrected chi connectivity index (χ1v) is 8.69. The largest absolute Gasteiger partial charge is 0.480 e. The second-order valence-corrected chi connectivity index (χ2v) is 6.58. The molecule has 1 amide bonds. The summed E-state index contributed by atoms with van der Waals surface area (Å²) in [5, 5.41) is 7.75. The number of hydrogen-bond acceptors (Lipinski definition) is 4. The number of fused-ring (bicyclic) bond motifs is 1. The van der Waals surface area contributed by atoms with Crippen molar-refractivity contribution in [2.75, 3.05) is 0 Å². The maximum atomic E-state index is 12.5. The topological polar surface area (TPSA) is 69.0 Å². The molecule has 0 fully saturated rings. The molecule has 0 unspecified atom stereocenters. The summed E-state index contributed by atoms with van der Waals surface area (Å²) in [7, 11) is 0. The Labute approximate surface area is 155 Å². The molecule has 26 heavy (non-hydrogen) atoms. The zero-order valence-corrected chi connectivity index (χ0v) is 14.7. The summed E-state index contributed by atoms with van der Waals surface area (Å²) >= 11 is 6.00. The molecule has 0 saturated carbocycles. The van der Waals surface area contributed by atoms with Crippen LogP contribution in [-0.2, 0) is 24.3 Å². The summed E-state index contributed by atoms with van der Waals surface area (Å²) in [6.45, 7) is 1.04. The van der Waals surface area contributed by atoms with Crippen LogP contribution in [0.2, 0.25) is 5.02 Å². The number of nitrogens with zero attached hydrogens (tertiary/aromatic N) is 3. The number of hydrogen-bond donors (Lipinski definition) is 1. The molecule has 1 atom stereocenters. The quantitative estimate of drug-likeness (QED) is 0.751. The second-order valence-electron chi connectivity index (χ2n) is 6.14. The van der Waals surface area contributed by atoms with Crippen molar-refractivity contribution in [1.82, 2.24) is 20.1 Å². The fourth-order valence-electron chi connectivity index (χ4n) is 3.03. The minimum absolute atomic E-state index is 0.132. The zero-order valence-electron chi connectivity index (χ0n) is 13.9. The molecular formula is C19H17ClN4O2. The molecule has 7 heteroatoms. The van der Waals surface area contributed by atoms with Crippen LogP contribution in [0.1, 0.15) is 16.7 Å². The first-order chi connectivity index (χ1) is 12.7. The Kier molecular flexibility index (Phi) is 4.58. The number of ether oxygens (including phenoxy) is 1. The third-order valence-corrected chi connectivity index (χ3v) is 4.59. The first-order valence-electron chi connectivity index (χ1n) is 8.31. The Morgan fingerprint density at radius 1 is 1.27 bits per heavy atom. The van der Waals surface area contributed by atoms with Crippen LogP contribution in [0.5, 0.6) is 5.75 Å². The molecule has 1 N–H and O–H groups in total. The predicted molar refractivity (Wildman–Crippen MR) is 97.0 cm³/mol. The Bertz CT molecular complexity index is 927. The number of benzene rings is 2. The van der Waals surface area contributed by atoms with Crippen LogP contribution < -0.4 is 10.1 Å². The molecule has 0 spiro atoms. The van der Waals surface area contributed by atoms with Gasteiger partial charge < -0.3 is 10.1 Å². The highest BCUT2D eigenvalue weighted by Gasteiger charge is 2.29. The van der Waals surface area contributed by atoms with Gasteiger partial charge in [-0.3, -0.25) is 4.79 Å². The van der Waals surface area contributed by atoms with Crippen LogP contribution in [0.3, 0.4) is 0 Å². The van der Waals surface area contributed by atoms with Crippen molar-refractivity contribution in [3.63, 3.8) is 0 Å². The number of nitrogens with one attached hydrogen (secondary N) is 1. The lowest BCUT2D eigenvalue weighted by Gasteiger charge is -2.13. The van der Waals surface area contributed by atoms with Gasteiger partial charge in [0.25, 0.3) is 5.91 Å². The first kappa shape index (κ1) is 16.6. The van der Waals surface area contributed by atoms with Gasteiger partial charge in [0.15, 0.2) is 6.10 Å². The lowest BCUT2D eigenvalue weighted by molar-refractivity contribution is -0.127. The lowest BCUT2D eigenvalue weighted by atomic mass is 10.1. The molecule has 1 aliphatic rings. The molecular weight excluding hydrogens is 352 g/mol. The summed E-state index contributed by atoms with van der Waals surface area (Å²) in [6.07, 6.45) is 3.18. The number of carbonyl (C=O) groups is 1. The summed E-state index contributed by atoms with van der Waals surface area (Å²) in [6, 6.07) is 13.4. The molecule has 4 rings (SSSR count). The lowest BCUT2D eigenvalue weighted by Crippen LogP contribution is -2.37. The van der Waals surface area contributed by atoms with Gasteiger partial charge in [0.05, 0.1) is 6.54 Å². The van der Waals surface area contributed by atoms with Crippen LogP contribution in [0.25, 0.3) is 0 Å². The van der Waals surface area contributed by atoms with Gasteiger partial charge >= 0.3 is 0 Å². The van der Waals surface area contributed by atoms with Gasteiger partial charge in [-0.25, -0.2) is 9.67 Å². The highest BCUT2D eigenvalue weighted by molar-refractivity contribution is 6.30. The average Bonchev–Trinajstić information content (AvgIpc) is 3.30. The molecule has 2 aromatic carbocycles. The molecule has 6 nitrogen and oxygen atoms in total. The van der Waals surface area contributed by atoms with Crippen molar-refractivity contribution in [1.29, 1.82) is 0 Å². The summed E-state index contributed by atoms with van der Waals surface area (Å²) in [5.41, 5.74) is 3.08. The van der Waals surface area contributed by atoms with Crippen molar-refractivity contribution in [3.8, 4) is 5.75 Å². The number of carbonyl (C=O) groups excluding carboxylic acids is 1. The van der Waals surface area contributed by atoms with Gasteiger partial charge in [0.2, 0.25) is 0 Å². The SMILES string of the molecule is O=C(NCc1ccccc1Cn1cncn1)[C@@H]1Cc2cc(Cl)ccc2O1. The maximum absolute atomic E-state index is 12.5. The van der Waals surface area contributed by atoms with E-state index in [1.807, 2.05) is 30.3 Å². The van der Waals surface area contributed by atoms with E-state index in [-0.39, 0.29) is 5.91 Å². The number of aromatic nitrogens is 3. The molecule has 0 aliphatic carbocycles. The summed E-state index contributed by atoms with van der Waals surface area (Å²) < 4.78 is 7.49. The van der Waals surface area contributed by atoms with Crippen molar-refractivity contribution in [2.45, 2.75) is 25.6 Å². The van der Waals surface area contributed by atoms with E-state index >= 15 is 0 Å². The van der Waals surface area contributed by atoms with Crippen LogP contribution >= 0.6 is 11.6 Å². The molecule has 0 radical (unpaired) electrons. The molecule has 1 aromatic heterocycles. The molecule has 2 heterocycles. The number of amides is 1. The second kappa shape index (κ2) is 7.17. The van der Waals surface area contributed by atoms with E-state index in [1.54, 1.807) is 23.1 Å². The summed E-state index contributed by atoms with van der Waals surface area (Å²) in [4.78, 5) is 16.5. The van der Waals surface area contributed by atoms with E-state index in [4.69, 9.17) is 16.3 Å². The van der Waals surface area contributed by atoms with E-state index in [2.05, 4.69) is 15.4 Å². The number of rotatable bonds is 5. The van der Waals surface area contributed by atoms with E-state index in [0.717, 1.165) is 22.4 Å². The standard InChI is InChI=1S/C19H17ClN4O2/c20-16-5-6-17-15(7-16)8-18(26-17)19(25)22-9-13-3-1-2-4-14(13)10-24-12-21-11-23-24/h1-7,11-12,18H,8-10H2,(H,22,25)/t18-/m0/s1. The maximum Gasteiger partial charge on any atom is 0.261 e. The zero-order chi connectivity index (χ0) is 17.9. The fraction of sp³-hybridized carbons (Fsp3) is 0.211. The van der Waals surface area contributed by atoms with Crippen LogP contribution in [-0.4, -0.2) is 26.8 Å². The Morgan fingerprint density at radius 2 is 2.12 bits per heavy atom. The molecule has 0 bridgehead atoms. The summed E-state index contributed by atoms with van der Waals surface area (Å²) in [5.74, 6) is 0.592. The third-order valence-electron chi connectivity index (χ3n) is 4.36. The Balaban J connectivity index is 1.40. The predicted octanol–water partition coefficient (Wildman–Crippen LogP) is 2.60. The highest BCUT2D eigenvalue weighted by atomic mass is 35.5. The monoisotopic (exact) mass is 368 g/mol. The van der Waals surface area contributed by atoms with Crippen LogP contribution in [0.4, 0.5) is 0 Å². The smallest absolute Gasteiger partial charge is 0.261 e. The molecule has 1 aliphatic heterocycles. The third kappa shape index (κ3) is 3.55.